The van der Waals surface area contributed by atoms with E-state index in [2.05, 4.69) is 43.0 Å². The molecule has 3 nitrogen and oxygen atoms in total. The van der Waals surface area contributed by atoms with Gasteiger partial charge in [0.2, 0.25) is 0 Å². The molecule has 0 saturated carbocycles. The molecule has 2 aromatic heterocycles. The lowest BCUT2D eigenvalue weighted by Crippen LogP contribution is -1.87. The topological polar surface area (TPSA) is 38.7 Å². The quantitative estimate of drug-likeness (QED) is 0.642. The first-order valence-electron chi connectivity index (χ1n) is 5.57. The van der Waals surface area contributed by atoms with Crippen LogP contribution in [0.15, 0.2) is 47.5 Å². The third kappa shape index (κ3) is 1.99. The highest BCUT2D eigenvalue weighted by molar-refractivity contribution is 9.10. The number of aromatic nitrogens is 3. The van der Waals surface area contributed by atoms with Gasteiger partial charge in [0.25, 0.3) is 0 Å². The molecule has 3 rings (SSSR count). The van der Waals surface area contributed by atoms with E-state index in [-0.39, 0.29) is 0 Å². The van der Waals surface area contributed by atoms with Gasteiger partial charge < -0.3 is 0 Å². The van der Waals surface area contributed by atoms with Gasteiger partial charge in [0, 0.05) is 22.8 Å². The molecule has 0 saturated heterocycles. The molecule has 0 spiro atoms. The molecule has 1 aromatic carbocycles. The Morgan fingerprint density at radius 3 is 2.83 bits per heavy atom. The highest BCUT2D eigenvalue weighted by Gasteiger charge is 2.05. The van der Waals surface area contributed by atoms with E-state index in [9.17, 15) is 0 Å². The maximum Gasteiger partial charge on any atom is 0.117 e. The van der Waals surface area contributed by atoms with Crippen molar-refractivity contribution in [2.24, 2.45) is 0 Å². The average molecular weight is 300 g/mol. The maximum absolute atomic E-state index is 4.49. The predicted octanol–water partition coefficient (Wildman–Crippen LogP) is 3.76. The van der Waals surface area contributed by atoms with Crippen molar-refractivity contribution in [2.75, 3.05) is 0 Å². The molecule has 0 aliphatic carbocycles. The maximum atomic E-state index is 4.49. The van der Waals surface area contributed by atoms with Crippen LogP contribution >= 0.6 is 15.9 Å². The molecule has 18 heavy (non-hydrogen) atoms. The first-order chi connectivity index (χ1) is 8.74. The third-order valence-electron chi connectivity index (χ3n) is 2.80. The molecular formula is C14H10BrN3. The van der Waals surface area contributed by atoms with Crippen molar-refractivity contribution < 1.29 is 0 Å². The van der Waals surface area contributed by atoms with E-state index >= 15 is 0 Å². The van der Waals surface area contributed by atoms with E-state index in [1.165, 1.54) is 6.33 Å². The van der Waals surface area contributed by atoms with Gasteiger partial charge in [-0.25, -0.2) is 9.97 Å². The Morgan fingerprint density at radius 2 is 2.00 bits per heavy atom. The Bertz CT molecular complexity index is 725. The van der Waals surface area contributed by atoms with E-state index in [0.29, 0.717) is 0 Å². The van der Waals surface area contributed by atoms with Crippen LogP contribution < -0.4 is 0 Å². The van der Waals surface area contributed by atoms with Gasteiger partial charge in [-0.3, -0.25) is 4.98 Å². The fraction of sp³-hybridized carbons (Fsp3) is 0.0714. The van der Waals surface area contributed by atoms with Gasteiger partial charge >= 0.3 is 0 Å². The van der Waals surface area contributed by atoms with Crippen LogP contribution in [0.25, 0.3) is 22.0 Å². The number of hydrogen-bond donors (Lipinski definition) is 0. The summed E-state index contributed by atoms with van der Waals surface area (Å²) in [5.41, 5.74) is 4.10. The monoisotopic (exact) mass is 299 g/mol. The minimum atomic E-state index is 0.803. The molecule has 0 N–H and O–H groups in total. The lowest BCUT2D eigenvalue weighted by molar-refractivity contribution is 1.14. The van der Waals surface area contributed by atoms with Crippen molar-refractivity contribution in [1.82, 2.24) is 15.0 Å². The largest absolute Gasteiger partial charge is 0.253 e. The zero-order valence-electron chi connectivity index (χ0n) is 9.76. The van der Waals surface area contributed by atoms with Crippen LogP contribution in [0.3, 0.4) is 0 Å². The van der Waals surface area contributed by atoms with Crippen LogP contribution in [-0.2, 0) is 0 Å². The van der Waals surface area contributed by atoms with E-state index in [1.807, 2.05) is 25.1 Å². The zero-order chi connectivity index (χ0) is 12.5. The molecule has 0 atom stereocenters. The first-order valence-corrected chi connectivity index (χ1v) is 6.36. The zero-order valence-corrected chi connectivity index (χ0v) is 11.3. The van der Waals surface area contributed by atoms with Crippen LogP contribution in [0.4, 0.5) is 0 Å². The molecule has 0 aliphatic heterocycles. The van der Waals surface area contributed by atoms with Crippen LogP contribution in [0, 0.1) is 6.92 Å². The number of fused-ring (bicyclic) bond motifs is 1. The fourth-order valence-electron chi connectivity index (χ4n) is 1.90. The molecule has 0 fully saturated rings. The second kappa shape index (κ2) is 4.46. The number of benzene rings is 1. The smallest absolute Gasteiger partial charge is 0.117 e. The molecule has 0 aliphatic rings. The summed E-state index contributed by atoms with van der Waals surface area (Å²) in [6, 6.07) is 10.3. The van der Waals surface area contributed by atoms with Gasteiger partial charge in [-0.05, 0) is 46.6 Å². The summed E-state index contributed by atoms with van der Waals surface area (Å²) in [7, 11) is 0. The predicted molar refractivity (Wildman–Crippen MR) is 75.2 cm³/mol. The number of rotatable bonds is 1. The van der Waals surface area contributed by atoms with Gasteiger partial charge in [0.05, 0.1) is 5.52 Å². The SMILES string of the molecule is Cc1ccc2cc(-c3cncnc3Br)ccc2n1. The minimum Gasteiger partial charge on any atom is -0.253 e. The second-order valence-corrected chi connectivity index (χ2v) is 4.84. The number of nitrogens with zero attached hydrogens (tertiary/aromatic N) is 3. The van der Waals surface area contributed by atoms with Gasteiger partial charge in [-0.2, -0.15) is 0 Å². The van der Waals surface area contributed by atoms with Crippen LogP contribution in [-0.4, -0.2) is 15.0 Å². The third-order valence-corrected chi connectivity index (χ3v) is 3.43. The summed E-state index contributed by atoms with van der Waals surface area (Å²) in [5.74, 6) is 0. The molecule has 4 heteroatoms. The van der Waals surface area contributed by atoms with E-state index in [0.717, 1.165) is 32.3 Å². The molecule has 0 radical (unpaired) electrons. The summed E-state index contributed by atoms with van der Waals surface area (Å²) in [6.07, 6.45) is 3.33. The molecule has 0 amide bonds. The highest BCUT2D eigenvalue weighted by Crippen LogP contribution is 2.27. The number of hydrogen-bond acceptors (Lipinski definition) is 3. The molecule has 0 unspecified atom stereocenters. The summed E-state index contributed by atoms with van der Waals surface area (Å²) in [4.78, 5) is 12.7. The lowest BCUT2D eigenvalue weighted by atomic mass is 10.1. The standard InChI is InChI=1S/C14H10BrN3/c1-9-2-3-11-6-10(4-5-13(11)18-9)12-7-16-8-17-14(12)15/h2-8H,1H3. The van der Waals surface area contributed by atoms with Gasteiger partial charge in [0.15, 0.2) is 0 Å². The summed E-state index contributed by atoms with van der Waals surface area (Å²) in [5, 5.41) is 1.12. The van der Waals surface area contributed by atoms with Crippen molar-refractivity contribution >= 4 is 26.8 Å². The fourth-order valence-corrected chi connectivity index (χ4v) is 2.33. The number of aryl methyl sites for hydroxylation is 1. The highest BCUT2D eigenvalue weighted by atomic mass is 79.9. The normalized spacial score (nSPS) is 10.8. The summed E-state index contributed by atoms with van der Waals surface area (Å²) in [6.45, 7) is 2.00. The van der Waals surface area contributed by atoms with Crippen molar-refractivity contribution in [3.8, 4) is 11.1 Å². The van der Waals surface area contributed by atoms with Gasteiger partial charge in [0.1, 0.15) is 10.9 Å². The van der Waals surface area contributed by atoms with E-state index < -0.39 is 0 Å². The Kier molecular flexibility index (Phi) is 2.80. The molecule has 0 bridgehead atoms. The van der Waals surface area contributed by atoms with Crippen molar-refractivity contribution in [3.63, 3.8) is 0 Å². The van der Waals surface area contributed by atoms with E-state index in [1.54, 1.807) is 6.20 Å². The Balaban J connectivity index is 2.20. The Labute approximate surface area is 113 Å². The van der Waals surface area contributed by atoms with Crippen LogP contribution in [0.2, 0.25) is 0 Å². The molecule has 2 heterocycles. The number of pyridine rings is 1. The number of halogens is 1. The summed E-state index contributed by atoms with van der Waals surface area (Å²) < 4.78 is 0.803. The minimum absolute atomic E-state index is 0.803. The van der Waals surface area contributed by atoms with Crippen molar-refractivity contribution in [3.05, 3.63) is 53.2 Å². The average Bonchev–Trinajstić information content (AvgIpc) is 2.39. The lowest BCUT2D eigenvalue weighted by Gasteiger charge is -2.05. The molecule has 3 aromatic rings. The Hall–Kier alpha value is -1.81. The van der Waals surface area contributed by atoms with Crippen LogP contribution in [0.5, 0.6) is 0 Å². The van der Waals surface area contributed by atoms with Gasteiger partial charge in [-0.15, -0.1) is 0 Å². The van der Waals surface area contributed by atoms with Crippen molar-refractivity contribution in [1.29, 1.82) is 0 Å². The van der Waals surface area contributed by atoms with Crippen molar-refractivity contribution in [2.45, 2.75) is 6.92 Å². The first kappa shape index (κ1) is 11.3. The van der Waals surface area contributed by atoms with Gasteiger partial charge in [-0.1, -0.05) is 12.1 Å². The second-order valence-electron chi connectivity index (χ2n) is 4.09. The summed E-state index contributed by atoms with van der Waals surface area (Å²) >= 11 is 3.44. The Morgan fingerprint density at radius 1 is 1.11 bits per heavy atom. The molecular weight excluding hydrogens is 290 g/mol. The molecule has 88 valence electrons. The van der Waals surface area contributed by atoms with Crippen LogP contribution in [0.1, 0.15) is 5.69 Å². The van der Waals surface area contributed by atoms with E-state index in [4.69, 9.17) is 0 Å².